The molecule has 0 aliphatic carbocycles. The van der Waals surface area contributed by atoms with Crippen molar-refractivity contribution in [2.45, 2.75) is 18.8 Å². The summed E-state index contributed by atoms with van der Waals surface area (Å²) in [4.78, 5) is 14.8. The van der Waals surface area contributed by atoms with E-state index in [4.69, 9.17) is 9.15 Å². The van der Waals surface area contributed by atoms with Crippen molar-refractivity contribution >= 4 is 5.91 Å². The average molecular weight is 381 g/mol. The van der Waals surface area contributed by atoms with Crippen LogP contribution in [0.5, 0.6) is 5.75 Å². The summed E-state index contributed by atoms with van der Waals surface area (Å²) in [6.45, 7) is 1.17. The number of halogens is 1. The molecule has 7 heteroatoms. The Labute approximate surface area is 161 Å². The maximum Gasteiger partial charge on any atom is 0.257 e. The van der Waals surface area contributed by atoms with Gasteiger partial charge in [0, 0.05) is 18.7 Å². The van der Waals surface area contributed by atoms with Gasteiger partial charge in [-0.15, -0.1) is 10.2 Å². The van der Waals surface area contributed by atoms with Gasteiger partial charge in [-0.25, -0.2) is 4.39 Å². The van der Waals surface area contributed by atoms with Gasteiger partial charge in [-0.3, -0.25) is 4.79 Å². The third kappa shape index (κ3) is 3.60. The second kappa shape index (κ2) is 7.80. The highest BCUT2D eigenvalue weighted by molar-refractivity contribution is 5.97. The molecule has 1 aromatic heterocycles. The molecule has 0 N–H and O–H groups in total. The summed E-state index contributed by atoms with van der Waals surface area (Å²) >= 11 is 0. The monoisotopic (exact) mass is 381 g/mol. The first-order valence-electron chi connectivity index (χ1n) is 9.17. The number of methoxy groups -OCH3 is 1. The van der Waals surface area contributed by atoms with Gasteiger partial charge in [0.05, 0.1) is 18.6 Å². The Balaban J connectivity index is 1.51. The first-order chi connectivity index (χ1) is 13.7. The summed E-state index contributed by atoms with van der Waals surface area (Å²) in [6, 6.07) is 13.1. The van der Waals surface area contributed by atoms with Crippen LogP contribution in [-0.2, 0) is 0 Å². The van der Waals surface area contributed by atoms with Crippen LogP contribution in [0.25, 0.3) is 11.5 Å². The van der Waals surface area contributed by atoms with Crippen molar-refractivity contribution in [1.82, 2.24) is 15.1 Å². The zero-order chi connectivity index (χ0) is 19.5. The number of benzene rings is 2. The normalized spacial score (nSPS) is 16.8. The maximum atomic E-state index is 13.1. The number of aromatic nitrogens is 2. The summed E-state index contributed by atoms with van der Waals surface area (Å²) in [7, 11) is 1.56. The van der Waals surface area contributed by atoms with E-state index < -0.39 is 0 Å². The number of nitrogens with zero attached hydrogens (tertiary/aromatic N) is 3. The topological polar surface area (TPSA) is 68.5 Å². The van der Waals surface area contributed by atoms with Crippen molar-refractivity contribution in [3.05, 3.63) is 65.8 Å². The fourth-order valence-corrected chi connectivity index (χ4v) is 3.46. The third-order valence-corrected chi connectivity index (χ3v) is 4.93. The van der Waals surface area contributed by atoms with Crippen LogP contribution in [0.15, 0.2) is 52.9 Å². The minimum atomic E-state index is -0.318. The fraction of sp³-hybridized carbons (Fsp3) is 0.286. The number of amides is 1. The molecule has 3 aromatic rings. The van der Waals surface area contributed by atoms with Crippen molar-refractivity contribution in [1.29, 1.82) is 0 Å². The Morgan fingerprint density at radius 3 is 2.75 bits per heavy atom. The quantitative estimate of drug-likeness (QED) is 0.686. The van der Waals surface area contributed by atoms with E-state index in [1.54, 1.807) is 36.3 Å². The van der Waals surface area contributed by atoms with Crippen LogP contribution >= 0.6 is 0 Å². The number of para-hydroxylation sites is 1. The lowest BCUT2D eigenvalue weighted by atomic mass is 9.97. The molecule has 4 rings (SSSR count). The lowest BCUT2D eigenvalue weighted by Crippen LogP contribution is -2.39. The summed E-state index contributed by atoms with van der Waals surface area (Å²) in [5.74, 6) is 0.988. The molecule has 2 heterocycles. The van der Waals surface area contributed by atoms with E-state index >= 15 is 0 Å². The summed E-state index contributed by atoms with van der Waals surface area (Å²) in [5.41, 5.74) is 1.21. The number of ether oxygens (including phenoxy) is 1. The van der Waals surface area contributed by atoms with E-state index in [-0.39, 0.29) is 17.6 Å². The first-order valence-corrected chi connectivity index (χ1v) is 9.17. The van der Waals surface area contributed by atoms with E-state index in [0.29, 0.717) is 41.7 Å². The molecular weight excluding hydrogens is 361 g/mol. The number of carbonyl (C=O) groups is 1. The van der Waals surface area contributed by atoms with Gasteiger partial charge < -0.3 is 14.1 Å². The predicted molar refractivity (Wildman–Crippen MR) is 101 cm³/mol. The van der Waals surface area contributed by atoms with Crippen molar-refractivity contribution in [2.75, 3.05) is 20.2 Å². The highest BCUT2D eigenvalue weighted by Crippen LogP contribution is 2.30. The summed E-state index contributed by atoms with van der Waals surface area (Å²) in [6.07, 6.45) is 1.71. The Bertz CT molecular complexity index is 971. The van der Waals surface area contributed by atoms with E-state index in [0.717, 1.165) is 12.8 Å². The largest absolute Gasteiger partial charge is 0.496 e. The molecule has 144 valence electrons. The minimum Gasteiger partial charge on any atom is -0.496 e. The molecule has 28 heavy (non-hydrogen) atoms. The van der Waals surface area contributed by atoms with Gasteiger partial charge in [0.25, 0.3) is 5.91 Å². The average Bonchev–Trinajstić information content (AvgIpc) is 3.24. The Kier molecular flexibility index (Phi) is 5.06. The molecule has 1 amide bonds. The Morgan fingerprint density at radius 1 is 1.18 bits per heavy atom. The lowest BCUT2D eigenvalue weighted by Gasteiger charge is -2.31. The summed E-state index contributed by atoms with van der Waals surface area (Å²) in [5, 5.41) is 8.25. The molecule has 1 fully saturated rings. The van der Waals surface area contributed by atoms with Crippen LogP contribution in [0.4, 0.5) is 4.39 Å². The second-order valence-electron chi connectivity index (χ2n) is 6.74. The predicted octanol–water partition coefficient (Wildman–Crippen LogP) is 3.90. The summed E-state index contributed by atoms with van der Waals surface area (Å²) < 4.78 is 24.2. The standard InChI is InChI=1S/C21H20FN3O3/c1-27-18-7-3-2-6-17(18)21(26)25-12-4-5-15(13-25)20-24-23-19(28-20)14-8-10-16(22)11-9-14/h2-3,6-11,15H,4-5,12-13H2,1H3. The molecule has 1 saturated heterocycles. The molecule has 0 bridgehead atoms. The number of hydrogen-bond acceptors (Lipinski definition) is 5. The van der Waals surface area contributed by atoms with Crippen LogP contribution in [0, 0.1) is 5.82 Å². The molecule has 1 unspecified atom stereocenters. The molecule has 0 radical (unpaired) electrons. The van der Waals surface area contributed by atoms with Crippen LogP contribution < -0.4 is 4.74 Å². The molecule has 1 aliphatic rings. The number of hydrogen-bond donors (Lipinski definition) is 0. The highest BCUT2D eigenvalue weighted by Gasteiger charge is 2.30. The zero-order valence-corrected chi connectivity index (χ0v) is 15.5. The molecule has 6 nitrogen and oxygen atoms in total. The van der Waals surface area contributed by atoms with Gasteiger partial charge in [-0.1, -0.05) is 12.1 Å². The highest BCUT2D eigenvalue weighted by atomic mass is 19.1. The minimum absolute atomic E-state index is 0.0332. The number of carbonyl (C=O) groups excluding carboxylic acids is 1. The van der Waals surface area contributed by atoms with Gasteiger partial charge in [-0.05, 0) is 49.2 Å². The van der Waals surface area contributed by atoms with Crippen molar-refractivity contribution in [3.8, 4) is 17.2 Å². The number of piperidine rings is 1. The van der Waals surface area contributed by atoms with Crippen LogP contribution in [-0.4, -0.2) is 41.2 Å². The fourth-order valence-electron chi connectivity index (χ4n) is 3.46. The van der Waals surface area contributed by atoms with E-state index in [2.05, 4.69) is 10.2 Å². The van der Waals surface area contributed by atoms with Crippen LogP contribution in [0.1, 0.15) is 35.0 Å². The van der Waals surface area contributed by atoms with Crippen molar-refractivity contribution < 1.29 is 18.3 Å². The number of likely N-dealkylation sites (tertiary alicyclic amines) is 1. The molecule has 1 aliphatic heterocycles. The van der Waals surface area contributed by atoms with Crippen LogP contribution in [0.2, 0.25) is 0 Å². The van der Waals surface area contributed by atoms with Gasteiger partial charge in [-0.2, -0.15) is 0 Å². The molecule has 2 aromatic carbocycles. The van der Waals surface area contributed by atoms with E-state index in [1.165, 1.54) is 12.1 Å². The third-order valence-electron chi connectivity index (χ3n) is 4.93. The smallest absolute Gasteiger partial charge is 0.257 e. The Hall–Kier alpha value is -3.22. The van der Waals surface area contributed by atoms with Crippen LogP contribution in [0.3, 0.4) is 0 Å². The van der Waals surface area contributed by atoms with E-state index in [9.17, 15) is 9.18 Å². The SMILES string of the molecule is COc1ccccc1C(=O)N1CCCC(c2nnc(-c3ccc(F)cc3)o2)C1. The Morgan fingerprint density at radius 2 is 1.96 bits per heavy atom. The molecule has 0 saturated carbocycles. The van der Waals surface area contributed by atoms with Gasteiger partial charge in [0.2, 0.25) is 11.8 Å². The lowest BCUT2D eigenvalue weighted by molar-refractivity contribution is 0.0695. The zero-order valence-electron chi connectivity index (χ0n) is 15.5. The number of rotatable bonds is 4. The van der Waals surface area contributed by atoms with Gasteiger partial charge in [0.1, 0.15) is 11.6 Å². The van der Waals surface area contributed by atoms with Crippen molar-refractivity contribution in [2.24, 2.45) is 0 Å². The molecular formula is C21H20FN3O3. The van der Waals surface area contributed by atoms with E-state index in [1.807, 2.05) is 12.1 Å². The molecule has 0 spiro atoms. The van der Waals surface area contributed by atoms with Crippen molar-refractivity contribution in [3.63, 3.8) is 0 Å². The van der Waals surface area contributed by atoms with Gasteiger partial charge >= 0.3 is 0 Å². The second-order valence-corrected chi connectivity index (χ2v) is 6.74. The molecule has 1 atom stereocenters. The van der Waals surface area contributed by atoms with Gasteiger partial charge in [0.15, 0.2) is 0 Å². The maximum absolute atomic E-state index is 13.1. The first kappa shape index (κ1) is 18.2.